The van der Waals surface area contributed by atoms with E-state index in [1.54, 1.807) is 0 Å². The van der Waals surface area contributed by atoms with Gasteiger partial charge in [-0.05, 0) is 12.8 Å². The molecular weight excluding hydrogens is 124 g/mol. The first-order valence-corrected chi connectivity index (χ1v) is 3.93. The van der Waals surface area contributed by atoms with Crippen LogP contribution in [0.3, 0.4) is 0 Å². The average Bonchev–Trinajstić information content (AvgIpc) is 2.69. The third-order valence-electron chi connectivity index (χ3n) is 2.01. The molecule has 1 aromatic rings. The molecule has 0 amide bonds. The van der Waals surface area contributed by atoms with Crippen LogP contribution in [0.4, 0.5) is 0 Å². The summed E-state index contributed by atoms with van der Waals surface area (Å²) >= 11 is 0. The van der Waals surface area contributed by atoms with Gasteiger partial charge in [0.1, 0.15) is 5.82 Å². The first-order chi connectivity index (χ1) is 4.92. The van der Waals surface area contributed by atoms with Gasteiger partial charge in [0.25, 0.3) is 0 Å². The van der Waals surface area contributed by atoms with E-state index in [0.29, 0.717) is 0 Å². The lowest BCUT2D eigenvalue weighted by molar-refractivity contribution is 0.688. The predicted molar refractivity (Wildman–Crippen MR) is 39.9 cm³/mol. The molecule has 0 aromatic carbocycles. The topological polar surface area (TPSA) is 17.8 Å². The molecule has 0 atom stereocenters. The molecule has 2 nitrogen and oxygen atoms in total. The van der Waals surface area contributed by atoms with E-state index in [4.69, 9.17) is 0 Å². The number of rotatable bonds is 2. The van der Waals surface area contributed by atoms with Crippen molar-refractivity contribution in [2.24, 2.45) is 0 Å². The molecule has 0 saturated heterocycles. The zero-order valence-electron chi connectivity index (χ0n) is 6.25. The Hall–Kier alpha value is -0.790. The normalized spacial score (nSPS) is 17.7. The highest BCUT2D eigenvalue weighted by molar-refractivity contribution is 4.98. The SMILES string of the molecule is CCc1nccn1C1CC1. The highest BCUT2D eigenvalue weighted by Crippen LogP contribution is 2.35. The Kier molecular flexibility index (Phi) is 1.26. The van der Waals surface area contributed by atoms with Crippen LogP contribution in [0, 0.1) is 0 Å². The van der Waals surface area contributed by atoms with Crippen molar-refractivity contribution in [1.82, 2.24) is 9.55 Å². The van der Waals surface area contributed by atoms with Crippen molar-refractivity contribution in [1.29, 1.82) is 0 Å². The summed E-state index contributed by atoms with van der Waals surface area (Å²) in [5.74, 6) is 1.24. The van der Waals surface area contributed by atoms with Gasteiger partial charge in [0.2, 0.25) is 0 Å². The van der Waals surface area contributed by atoms with Crippen LogP contribution < -0.4 is 0 Å². The molecule has 1 saturated carbocycles. The molecule has 2 rings (SSSR count). The lowest BCUT2D eigenvalue weighted by atomic mass is 10.4. The van der Waals surface area contributed by atoms with Gasteiger partial charge in [-0.3, -0.25) is 0 Å². The first-order valence-electron chi connectivity index (χ1n) is 3.93. The van der Waals surface area contributed by atoms with Crippen molar-refractivity contribution in [2.45, 2.75) is 32.2 Å². The zero-order chi connectivity index (χ0) is 6.97. The van der Waals surface area contributed by atoms with Crippen LogP contribution >= 0.6 is 0 Å². The van der Waals surface area contributed by atoms with Crippen LogP contribution in [0.2, 0.25) is 0 Å². The van der Waals surface area contributed by atoms with Crippen molar-refractivity contribution in [2.75, 3.05) is 0 Å². The third kappa shape index (κ3) is 0.838. The molecule has 54 valence electrons. The van der Waals surface area contributed by atoms with E-state index in [1.165, 1.54) is 18.7 Å². The minimum Gasteiger partial charge on any atom is -0.332 e. The van der Waals surface area contributed by atoms with E-state index in [1.807, 2.05) is 6.20 Å². The Morgan fingerprint density at radius 3 is 3.10 bits per heavy atom. The van der Waals surface area contributed by atoms with E-state index in [9.17, 15) is 0 Å². The van der Waals surface area contributed by atoms with Gasteiger partial charge in [0, 0.05) is 24.9 Å². The van der Waals surface area contributed by atoms with Crippen molar-refractivity contribution >= 4 is 0 Å². The molecule has 0 bridgehead atoms. The molecule has 0 spiro atoms. The lowest BCUT2D eigenvalue weighted by Crippen LogP contribution is -1.98. The second kappa shape index (κ2) is 2.11. The molecule has 1 fully saturated rings. The maximum absolute atomic E-state index is 4.26. The maximum atomic E-state index is 4.26. The van der Waals surface area contributed by atoms with Crippen LogP contribution in [-0.2, 0) is 6.42 Å². The van der Waals surface area contributed by atoms with E-state index in [-0.39, 0.29) is 0 Å². The van der Waals surface area contributed by atoms with Gasteiger partial charge in [-0.1, -0.05) is 6.92 Å². The molecule has 0 radical (unpaired) electrons. The quantitative estimate of drug-likeness (QED) is 0.606. The molecule has 1 aliphatic rings. The van der Waals surface area contributed by atoms with Crippen LogP contribution in [0.25, 0.3) is 0 Å². The van der Waals surface area contributed by atoms with E-state index in [0.717, 1.165) is 12.5 Å². The molecule has 0 unspecified atom stereocenters. The second-order valence-electron chi connectivity index (χ2n) is 2.84. The van der Waals surface area contributed by atoms with Gasteiger partial charge >= 0.3 is 0 Å². The average molecular weight is 136 g/mol. The fourth-order valence-corrected chi connectivity index (χ4v) is 1.30. The zero-order valence-corrected chi connectivity index (χ0v) is 6.25. The molecule has 0 aliphatic heterocycles. The predicted octanol–water partition coefficient (Wildman–Crippen LogP) is 1.78. The summed E-state index contributed by atoms with van der Waals surface area (Å²) in [6.45, 7) is 2.15. The van der Waals surface area contributed by atoms with Gasteiger partial charge in [0.05, 0.1) is 0 Å². The lowest BCUT2D eigenvalue weighted by Gasteiger charge is -2.01. The fraction of sp³-hybridized carbons (Fsp3) is 0.625. The van der Waals surface area contributed by atoms with Crippen LogP contribution in [-0.4, -0.2) is 9.55 Å². The molecule has 0 N–H and O–H groups in total. The van der Waals surface area contributed by atoms with Gasteiger partial charge in [-0.25, -0.2) is 4.98 Å². The van der Waals surface area contributed by atoms with E-state index in [2.05, 4.69) is 22.7 Å². The number of hydrogen-bond acceptors (Lipinski definition) is 1. The Morgan fingerprint density at radius 1 is 1.70 bits per heavy atom. The summed E-state index contributed by atoms with van der Waals surface area (Å²) < 4.78 is 2.31. The highest BCUT2D eigenvalue weighted by Gasteiger charge is 2.24. The van der Waals surface area contributed by atoms with E-state index >= 15 is 0 Å². The number of aromatic nitrogens is 2. The summed E-state index contributed by atoms with van der Waals surface area (Å²) in [4.78, 5) is 4.26. The summed E-state index contributed by atoms with van der Waals surface area (Å²) in [5.41, 5.74) is 0. The fourth-order valence-electron chi connectivity index (χ4n) is 1.30. The standard InChI is InChI=1S/C8H12N2/c1-2-8-9-5-6-10(8)7-3-4-7/h5-7H,2-4H2,1H3. The molecule has 1 heterocycles. The number of hydrogen-bond donors (Lipinski definition) is 0. The Balaban J connectivity index is 2.28. The molecule has 10 heavy (non-hydrogen) atoms. The Bertz CT molecular complexity index is 223. The van der Waals surface area contributed by atoms with Crippen LogP contribution in [0.5, 0.6) is 0 Å². The first kappa shape index (κ1) is 5.96. The summed E-state index contributed by atoms with van der Waals surface area (Å²) in [5, 5.41) is 0. The van der Waals surface area contributed by atoms with Gasteiger partial charge in [-0.15, -0.1) is 0 Å². The number of imidazole rings is 1. The second-order valence-corrected chi connectivity index (χ2v) is 2.84. The van der Waals surface area contributed by atoms with Crippen molar-refractivity contribution in [3.05, 3.63) is 18.2 Å². The number of aryl methyl sites for hydroxylation is 1. The van der Waals surface area contributed by atoms with Crippen molar-refractivity contribution in [3.8, 4) is 0 Å². The largest absolute Gasteiger partial charge is 0.332 e. The smallest absolute Gasteiger partial charge is 0.108 e. The van der Waals surface area contributed by atoms with Crippen LogP contribution in [0.1, 0.15) is 31.6 Å². The third-order valence-corrected chi connectivity index (χ3v) is 2.01. The van der Waals surface area contributed by atoms with Gasteiger partial charge in [-0.2, -0.15) is 0 Å². The van der Waals surface area contributed by atoms with Crippen molar-refractivity contribution in [3.63, 3.8) is 0 Å². The number of nitrogens with zero attached hydrogens (tertiary/aromatic N) is 2. The Morgan fingerprint density at radius 2 is 2.50 bits per heavy atom. The minimum absolute atomic E-state index is 0.789. The summed E-state index contributed by atoms with van der Waals surface area (Å²) in [6.07, 6.45) is 7.75. The molecule has 2 heteroatoms. The van der Waals surface area contributed by atoms with Gasteiger partial charge in [0.15, 0.2) is 0 Å². The summed E-state index contributed by atoms with van der Waals surface area (Å²) in [6, 6.07) is 0.789. The molecule has 1 aromatic heterocycles. The molecular formula is C8H12N2. The Labute approximate surface area is 60.9 Å². The van der Waals surface area contributed by atoms with Gasteiger partial charge < -0.3 is 4.57 Å². The monoisotopic (exact) mass is 136 g/mol. The van der Waals surface area contributed by atoms with E-state index < -0.39 is 0 Å². The van der Waals surface area contributed by atoms with Crippen molar-refractivity contribution < 1.29 is 0 Å². The maximum Gasteiger partial charge on any atom is 0.108 e. The van der Waals surface area contributed by atoms with Crippen LogP contribution in [0.15, 0.2) is 12.4 Å². The highest BCUT2D eigenvalue weighted by atomic mass is 15.1. The summed E-state index contributed by atoms with van der Waals surface area (Å²) in [7, 11) is 0. The molecule has 1 aliphatic carbocycles. The minimum atomic E-state index is 0.789.